The highest BCUT2D eigenvalue weighted by molar-refractivity contribution is 5.95. The summed E-state index contributed by atoms with van der Waals surface area (Å²) in [4.78, 5) is 19.2. The Morgan fingerprint density at radius 1 is 1.35 bits per heavy atom. The fourth-order valence-corrected chi connectivity index (χ4v) is 4.63. The Kier molecular flexibility index (Phi) is 5.22. The van der Waals surface area contributed by atoms with E-state index in [0.29, 0.717) is 23.6 Å². The van der Waals surface area contributed by atoms with Gasteiger partial charge >= 0.3 is 0 Å². The van der Waals surface area contributed by atoms with E-state index in [2.05, 4.69) is 15.2 Å². The monoisotopic (exact) mass is 356 g/mol. The van der Waals surface area contributed by atoms with Crippen LogP contribution in [0.2, 0.25) is 0 Å². The summed E-state index contributed by atoms with van der Waals surface area (Å²) in [6.07, 6.45) is 10.3. The van der Waals surface area contributed by atoms with Crippen LogP contribution >= 0.6 is 0 Å². The van der Waals surface area contributed by atoms with E-state index in [1.54, 1.807) is 12.5 Å². The first-order chi connectivity index (χ1) is 12.7. The molecule has 3 atom stereocenters. The first-order valence-corrected chi connectivity index (χ1v) is 9.78. The van der Waals surface area contributed by atoms with Gasteiger partial charge in [-0.05, 0) is 50.7 Å². The largest absolute Gasteiger partial charge is 0.380 e. The molecule has 1 N–H and O–H groups in total. The van der Waals surface area contributed by atoms with Gasteiger partial charge in [-0.2, -0.15) is 0 Å². The van der Waals surface area contributed by atoms with Crippen molar-refractivity contribution in [3.63, 3.8) is 0 Å². The number of piperidine rings is 1. The van der Waals surface area contributed by atoms with E-state index in [0.717, 1.165) is 31.8 Å². The number of rotatable bonds is 7. The van der Waals surface area contributed by atoms with Crippen LogP contribution in [-0.4, -0.2) is 58.6 Å². The molecule has 2 aliphatic heterocycles. The number of pyridine rings is 1. The highest BCUT2D eigenvalue weighted by atomic mass is 16.5. The molecule has 0 saturated carbocycles. The van der Waals surface area contributed by atoms with Crippen molar-refractivity contribution >= 4 is 11.4 Å². The SMILES string of the molecule is CCOCCN1[C@@H]2CC[C@H]1CC(CNC(=O)c1ccn3cncc3c1)C2. The summed E-state index contributed by atoms with van der Waals surface area (Å²) in [5, 5.41) is 3.15. The maximum absolute atomic E-state index is 12.5. The van der Waals surface area contributed by atoms with E-state index < -0.39 is 0 Å². The summed E-state index contributed by atoms with van der Waals surface area (Å²) in [6, 6.07) is 5.07. The lowest BCUT2D eigenvalue weighted by molar-refractivity contribution is 0.0556. The normalized spacial score (nSPS) is 25.7. The summed E-state index contributed by atoms with van der Waals surface area (Å²) in [6.45, 7) is 5.50. The zero-order chi connectivity index (χ0) is 17.9. The Bertz CT molecular complexity index is 745. The zero-order valence-electron chi connectivity index (χ0n) is 15.4. The fraction of sp³-hybridized carbons (Fsp3) is 0.600. The highest BCUT2D eigenvalue weighted by Gasteiger charge is 2.40. The van der Waals surface area contributed by atoms with Gasteiger partial charge in [0.2, 0.25) is 0 Å². The molecule has 2 aromatic heterocycles. The molecular weight excluding hydrogens is 328 g/mol. The van der Waals surface area contributed by atoms with Crippen LogP contribution in [0.3, 0.4) is 0 Å². The molecule has 0 aliphatic carbocycles. The lowest BCUT2D eigenvalue weighted by Gasteiger charge is -2.39. The lowest BCUT2D eigenvalue weighted by Crippen LogP contribution is -2.46. The molecule has 0 radical (unpaired) electrons. The van der Waals surface area contributed by atoms with Gasteiger partial charge in [-0.1, -0.05) is 0 Å². The quantitative estimate of drug-likeness (QED) is 0.774. The molecule has 0 spiro atoms. The first kappa shape index (κ1) is 17.5. The number of carbonyl (C=O) groups excluding carboxylic acids is 1. The van der Waals surface area contributed by atoms with Crippen LogP contribution in [0, 0.1) is 5.92 Å². The molecule has 4 rings (SSSR count). The maximum atomic E-state index is 12.5. The minimum atomic E-state index is 0.0137. The standard InChI is InChI=1S/C20H28N4O2/c1-2-26-8-7-24-17-3-4-18(24)10-15(9-17)12-22-20(25)16-5-6-23-14-21-13-19(23)11-16/h5-6,11,13-15,17-18H,2-4,7-10,12H2,1H3,(H,22,25)/t15?,17-,18+. The lowest BCUT2D eigenvalue weighted by atomic mass is 9.90. The van der Waals surface area contributed by atoms with E-state index in [-0.39, 0.29) is 5.91 Å². The molecule has 140 valence electrons. The molecule has 0 aromatic carbocycles. The van der Waals surface area contributed by atoms with Crippen molar-refractivity contribution < 1.29 is 9.53 Å². The topological polar surface area (TPSA) is 58.9 Å². The Hall–Kier alpha value is -1.92. The van der Waals surface area contributed by atoms with E-state index >= 15 is 0 Å². The number of amides is 1. The van der Waals surface area contributed by atoms with Crippen LogP contribution in [0.1, 0.15) is 43.0 Å². The van der Waals surface area contributed by atoms with Gasteiger partial charge in [0.1, 0.15) is 0 Å². The smallest absolute Gasteiger partial charge is 0.251 e. The zero-order valence-corrected chi connectivity index (χ0v) is 15.4. The van der Waals surface area contributed by atoms with E-state index in [1.807, 2.05) is 29.7 Å². The predicted octanol–water partition coefficient (Wildman–Crippen LogP) is 2.34. The van der Waals surface area contributed by atoms with Crippen molar-refractivity contribution in [1.29, 1.82) is 0 Å². The molecule has 2 fully saturated rings. The summed E-state index contributed by atoms with van der Waals surface area (Å²) < 4.78 is 7.44. The van der Waals surface area contributed by atoms with Gasteiger partial charge in [0.05, 0.1) is 24.6 Å². The van der Waals surface area contributed by atoms with Crippen molar-refractivity contribution in [3.8, 4) is 0 Å². The summed E-state index contributed by atoms with van der Waals surface area (Å²) in [5.74, 6) is 0.596. The summed E-state index contributed by atoms with van der Waals surface area (Å²) in [7, 11) is 0. The second-order valence-electron chi connectivity index (χ2n) is 7.51. The third kappa shape index (κ3) is 3.62. The molecular formula is C20H28N4O2. The average Bonchev–Trinajstić information content (AvgIpc) is 3.21. The van der Waals surface area contributed by atoms with Crippen LogP contribution in [0.15, 0.2) is 30.9 Å². The summed E-state index contributed by atoms with van der Waals surface area (Å²) in [5.41, 5.74) is 1.65. The fourth-order valence-electron chi connectivity index (χ4n) is 4.63. The molecule has 1 unspecified atom stereocenters. The third-order valence-corrected chi connectivity index (χ3v) is 5.91. The van der Waals surface area contributed by atoms with Gasteiger partial charge in [-0.3, -0.25) is 9.69 Å². The Labute approximate surface area is 154 Å². The number of hydrogen-bond donors (Lipinski definition) is 1. The molecule has 6 heteroatoms. The van der Waals surface area contributed by atoms with Gasteiger partial charge in [0, 0.05) is 43.5 Å². The predicted molar refractivity (Wildman–Crippen MR) is 100 cm³/mol. The van der Waals surface area contributed by atoms with Crippen molar-refractivity contribution in [2.75, 3.05) is 26.3 Å². The van der Waals surface area contributed by atoms with Gasteiger partial charge in [0.15, 0.2) is 0 Å². The maximum Gasteiger partial charge on any atom is 0.251 e. The number of ether oxygens (including phenoxy) is 1. The molecule has 4 heterocycles. The van der Waals surface area contributed by atoms with Gasteiger partial charge < -0.3 is 14.5 Å². The number of carbonyl (C=O) groups is 1. The minimum Gasteiger partial charge on any atom is -0.380 e. The number of nitrogens with zero attached hydrogens (tertiary/aromatic N) is 3. The molecule has 2 aromatic rings. The van der Waals surface area contributed by atoms with E-state index in [1.165, 1.54) is 25.7 Å². The molecule has 26 heavy (non-hydrogen) atoms. The van der Waals surface area contributed by atoms with Crippen LogP contribution in [0.4, 0.5) is 0 Å². The molecule has 6 nitrogen and oxygen atoms in total. The second kappa shape index (κ2) is 7.76. The molecule has 2 saturated heterocycles. The number of nitrogens with one attached hydrogen (secondary N) is 1. The van der Waals surface area contributed by atoms with Gasteiger partial charge in [0.25, 0.3) is 5.91 Å². The second-order valence-corrected chi connectivity index (χ2v) is 7.51. The Balaban J connectivity index is 1.29. The van der Waals surface area contributed by atoms with Gasteiger partial charge in [-0.15, -0.1) is 0 Å². The van der Waals surface area contributed by atoms with Crippen LogP contribution in [-0.2, 0) is 4.74 Å². The highest BCUT2D eigenvalue weighted by Crippen LogP contribution is 2.38. The number of hydrogen-bond acceptors (Lipinski definition) is 4. The molecule has 2 bridgehead atoms. The van der Waals surface area contributed by atoms with Crippen molar-refractivity contribution in [2.24, 2.45) is 5.92 Å². The Morgan fingerprint density at radius 3 is 2.92 bits per heavy atom. The molecule has 1 amide bonds. The van der Waals surface area contributed by atoms with Crippen LogP contribution in [0.5, 0.6) is 0 Å². The minimum absolute atomic E-state index is 0.0137. The third-order valence-electron chi connectivity index (χ3n) is 5.91. The summed E-state index contributed by atoms with van der Waals surface area (Å²) >= 11 is 0. The van der Waals surface area contributed by atoms with Crippen molar-refractivity contribution in [1.82, 2.24) is 19.6 Å². The van der Waals surface area contributed by atoms with Crippen LogP contribution < -0.4 is 5.32 Å². The Morgan fingerprint density at radius 2 is 2.15 bits per heavy atom. The van der Waals surface area contributed by atoms with Crippen molar-refractivity contribution in [3.05, 3.63) is 36.4 Å². The first-order valence-electron chi connectivity index (χ1n) is 9.78. The molecule has 2 aliphatic rings. The number of imidazole rings is 1. The van der Waals surface area contributed by atoms with Crippen LogP contribution in [0.25, 0.3) is 5.52 Å². The number of fused-ring (bicyclic) bond motifs is 3. The number of aromatic nitrogens is 2. The average molecular weight is 356 g/mol. The van der Waals surface area contributed by atoms with E-state index in [9.17, 15) is 4.79 Å². The van der Waals surface area contributed by atoms with Crippen molar-refractivity contribution in [2.45, 2.75) is 44.7 Å². The van der Waals surface area contributed by atoms with E-state index in [4.69, 9.17) is 4.74 Å². The van der Waals surface area contributed by atoms with Gasteiger partial charge in [-0.25, -0.2) is 4.98 Å².